The molecule has 3 heterocycles. The van der Waals surface area contributed by atoms with Crippen molar-refractivity contribution in [1.29, 1.82) is 0 Å². The number of likely N-dealkylation sites (tertiary alicyclic amines) is 2. The summed E-state index contributed by atoms with van der Waals surface area (Å²) >= 11 is 0. The van der Waals surface area contributed by atoms with E-state index in [0.717, 1.165) is 29.3 Å². The van der Waals surface area contributed by atoms with Crippen LogP contribution >= 0.6 is 0 Å². The maximum Gasteiger partial charge on any atom is 0.227 e. The zero-order valence-electron chi connectivity index (χ0n) is 15.7. The minimum atomic E-state index is -0.426. The normalized spacial score (nSPS) is 21.4. The van der Waals surface area contributed by atoms with E-state index in [0.29, 0.717) is 32.5 Å². The van der Waals surface area contributed by atoms with Gasteiger partial charge >= 0.3 is 0 Å². The molecular formula is C21H26FN3O2. The van der Waals surface area contributed by atoms with E-state index in [9.17, 15) is 14.0 Å². The van der Waals surface area contributed by atoms with Gasteiger partial charge in [-0.05, 0) is 24.5 Å². The smallest absolute Gasteiger partial charge is 0.227 e. The number of halogens is 1. The summed E-state index contributed by atoms with van der Waals surface area (Å²) in [6, 6.07) is 8.28. The van der Waals surface area contributed by atoms with Gasteiger partial charge in [0, 0.05) is 62.2 Å². The van der Waals surface area contributed by atoms with E-state index >= 15 is 0 Å². The number of fused-ring (bicyclic) bond motifs is 1. The van der Waals surface area contributed by atoms with Crippen molar-refractivity contribution in [3.63, 3.8) is 0 Å². The van der Waals surface area contributed by atoms with E-state index in [1.165, 1.54) is 0 Å². The molecule has 2 aliphatic heterocycles. The first-order chi connectivity index (χ1) is 13.1. The molecule has 2 aromatic rings. The number of alkyl halides is 1. The summed E-state index contributed by atoms with van der Waals surface area (Å²) in [5.41, 5.74) is 2.19. The molecule has 2 amide bonds. The summed E-state index contributed by atoms with van der Waals surface area (Å²) in [5.74, 6) is 0.0564. The van der Waals surface area contributed by atoms with Gasteiger partial charge in [0.1, 0.15) is 0 Å². The van der Waals surface area contributed by atoms with Crippen molar-refractivity contribution in [3.8, 4) is 0 Å². The summed E-state index contributed by atoms with van der Waals surface area (Å²) in [7, 11) is 2.00. The molecule has 1 atom stereocenters. The van der Waals surface area contributed by atoms with Crippen LogP contribution < -0.4 is 0 Å². The van der Waals surface area contributed by atoms with Crippen LogP contribution in [0.3, 0.4) is 0 Å². The van der Waals surface area contributed by atoms with Crippen LogP contribution in [0.15, 0.2) is 30.5 Å². The number of carbonyl (C=O) groups is 2. The van der Waals surface area contributed by atoms with E-state index < -0.39 is 6.67 Å². The molecule has 2 aliphatic rings. The van der Waals surface area contributed by atoms with E-state index in [4.69, 9.17) is 0 Å². The van der Waals surface area contributed by atoms with Crippen molar-refractivity contribution in [3.05, 3.63) is 36.0 Å². The highest BCUT2D eigenvalue weighted by Crippen LogP contribution is 2.27. The first-order valence-corrected chi connectivity index (χ1v) is 9.73. The Balaban J connectivity index is 1.37. The second-order valence-corrected chi connectivity index (χ2v) is 7.84. The van der Waals surface area contributed by atoms with Crippen LogP contribution in [0.25, 0.3) is 10.9 Å². The Morgan fingerprint density at radius 1 is 1.22 bits per heavy atom. The van der Waals surface area contributed by atoms with E-state index in [-0.39, 0.29) is 23.8 Å². The fourth-order valence-electron chi connectivity index (χ4n) is 4.53. The maximum atomic E-state index is 12.9. The Kier molecular flexibility index (Phi) is 4.89. The molecule has 1 aromatic carbocycles. The fraction of sp³-hybridized carbons (Fsp3) is 0.524. The van der Waals surface area contributed by atoms with Crippen LogP contribution in [0.5, 0.6) is 0 Å². The Morgan fingerprint density at radius 3 is 2.67 bits per heavy atom. The van der Waals surface area contributed by atoms with Crippen molar-refractivity contribution >= 4 is 22.7 Å². The summed E-state index contributed by atoms with van der Waals surface area (Å²) in [4.78, 5) is 28.7. The lowest BCUT2D eigenvalue weighted by atomic mass is 10.0. The molecule has 0 N–H and O–H groups in total. The van der Waals surface area contributed by atoms with Crippen LogP contribution in [-0.2, 0) is 23.1 Å². The van der Waals surface area contributed by atoms with Gasteiger partial charge in [-0.3, -0.25) is 14.0 Å². The lowest BCUT2D eigenvalue weighted by Crippen LogP contribution is -2.47. The Morgan fingerprint density at radius 2 is 1.96 bits per heavy atom. The minimum Gasteiger partial charge on any atom is -0.350 e. The number of carbonyl (C=O) groups excluding carboxylic acids is 2. The van der Waals surface area contributed by atoms with Crippen LogP contribution in [0, 0.1) is 5.92 Å². The third-order valence-corrected chi connectivity index (χ3v) is 6.04. The molecule has 27 heavy (non-hydrogen) atoms. The number of para-hydroxylation sites is 1. The third-order valence-electron chi connectivity index (χ3n) is 6.04. The molecule has 1 aromatic heterocycles. The maximum absolute atomic E-state index is 12.9. The first kappa shape index (κ1) is 18.0. The van der Waals surface area contributed by atoms with Crippen LogP contribution in [-0.4, -0.2) is 58.5 Å². The second-order valence-electron chi connectivity index (χ2n) is 7.84. The lowest BCUT2D eigenvalue weighted by molar-refractivity contribution is -0.134. The monoisotopic (exact) mass is 371 g/mol. The molecule has 2 saturated heterocycles. The molecule has 4 rings (SSSR count). The predicted molar refractivity (Wildman–Crippen MR) is 102 cm³/mol. The third kappa shape index (κ3) is 3.45. The lowest BCUT2D eigenvalue weighted by Gasteiger charge is -2.37. The SMILES string of the molecule is Cn1cc(CC(=O)N2CCC(N3CC(CF)CC3=O)CC2)c2ccccc21. The highest BCUT2D eigenvalue weighted by Gasteiger charge is 2.36. The van der Waals surface area contributed by atoms with Gasteiger partial charge in [0.05, 0.1) is 13.1 Å². The zero-order valence-corrected chi connectivity index (χ0v) is 15.7. The Hall–Kier alpha value is -2.37. The van der Waals surface area contributed by atoms with Gasteiger partial charge in [0.25, 0.3) is 0 Å². The molecule has 0 radical (unpaired) electrons. The van der Waals surface area contributed by atoms with Gasteiger partial charge in [-0.1, -0.05) is 18.2 Å². The average molecular weight is 371 g/mol. The van der Waals surface area contributed by atoms with Crippen molar-refractivity contribution < 1.29 is 14.0 Å². The molecule has 0 spiro atoms. The van der Waals surface area contributed by atoms with Crippen molar-refractivity contribution in [2.24, 2.45) is 13.0 Å². The molecule has 0 aliphatic carbocycles. The topological polar surface area (TPSA) is 45.6 Å². The number of nitrogens with zero attached hydrogens (tertiary/aromatic N) is 3. The zero-order chi connectivity index (χ0) is 19.0. The number of piperidine rings is 1. The number of hydrogen-bond donors (Lipinski definition) is 0. The van der Waals surface area contributed by atoms with Gasteiger partial charge in [-0.25, -0.2) is 0 Å². The van der Waals surface area contributed by atoms with Gasteiger partial charge < -0.3 is 14.4 Å². The number of hydrogen-bond acceptors (Lipinski definition) is 2. The number of rotatable bonds is 4. The highest BCUT2D eigenvalue weighted by molar-refractivity contribution is 5.89. The summed E-state index contributed by atoms with van der Waals surface area (Å²) in [6.07, 6.45) is 4.34. The molecule has 0 bridgehead atoms. The first-order valence-electron chi connectivity index (χ1n) is 9.73. The fourth-order valence-corrected chi connectivity index (χ4v) is 4.53. The standard InChI is InChI=1S/C21H26FN3O2/c1-23-14-16(18-4-2-3-5-19(18)23)11-20(26)24-8-6-17(7-9-24)25-13-15(12-22)10-21(25)27/h2-5,14-15,17H,6-13H2,1H3. The molecule has 144 valence electrons. The molecule has 5 nitrogen and oxygen atoms in total. The van der Waals surface area contributed by atoms with Gasteiger partial charge in [-0.2, -0.15) is 0 Å². The van der Waals surface area contributed by atoms with Gasteiger partial charge in [0.2, 0.25) is 11.8 Å². The van der Waals surface area contributed by atoms with Gasteiger partial charge in [0.15, 0.2) is 0 Å². The Labute approximate surface area is 158 Å². The second kappa shape index (κ2) is 7.33. The minimum absolute atomic E-state index is 0.0678. The molecule has 0 saturated carbocycles. The highest BCUT2D eigenvalue weighted by atomic mass is 19.1. The summed E-state index contributed by atoms with van der Waals surface area (Å²) < 4.78 is 14.9. The Bertz CT molecular complexity index is 854. The van der Waals surface area contributed by atoms with Gasteiger partial charge in [-0.15, -0.1) is 0 Å². The number of benzene rings is 1. The summed E-state index contributed by atoms with van der Waals surface area (Å²) in [5, 5.41) is 1.13. The molecule has 2 fully saturated rings. The van der Waals surface area contributed by atoms with Crippen LogP contribution in [0.1, 0.15) is 24.8 Å². The largest absolute Gasteiger partial charge is 0.350 e. The quantitative estimate of drug-likeness (QED) is 0.829. The van der Waals surface area contributed by atoms with Crippen molar-refractivity contribution in [1.82, 2.24) is 14.4 Å². The average Bonchev–Trinajstić information content (AvgIpc) is 3.22. The number of aromatic nitrogens is 1. The number of aryl methyl sites for hydroxylation is 1. The van der Waals surface area contributed by atoms with E-state index in [1.807, 2.05) is 35.2 Å². The number of amides is 2. The van der Waals surface area contributed by atoms with Crippen molar-refractivity contribution in [2.45, 2.75) is 31.7 Å². The van der Waals surface area contributed by atoms with Crippen molar-refractivity contribution in [2.75, 3.05) is 26.3 Å². The molecular weight excluding hydrogens is 345 g/mol. The molecule has 6 heteroatoms. The van der Waals surface area contributed by atoms with E-state index in [2.05, 4.69) is 16.7 Å². The van der Waals surface area contributed by atoms with Crippen LogP contribution in [0.2, 0.25) is 0 Å². The predicted octanol–water partition coefficient (Wildman–Crippen LogP) is 2.53. The van der Waals surface area contributed by atoms with E-state index in [1.54, 1.807) is 0 Å². The summed E-state index contributed by atoms with van der Waals surface area (Å²) in [6.45, 7) is 1.44. The molecule has 1 unspecified atom stereocenters. The van der Waals surface area contributed by atoms with Crippen LogP contribution in [0.4, 0.5) is 4.39 Å².